The lowest BCUT2D eigenvalue weighted by molar-refractivity contribution is -0.148. The van der Waals surface area contributed by atoms with Crippen LogP contribution in [0.4, 0.5) is 18.0 Å². The molecule has 2 aliphatic rings. The Kier molecular flexibility index (Phi) is 7.51. The molecular weight excluding hydrogens is 553 g/mol. The minimum atomic E-state index is -4.55. The number of hydrogen-bond acceptors (Lipinski definition) is 6. The maximum absolute atomic E-state index is 13.7. The average molecular weight is 589 g/mol. The summed E-state index contributed by atoms with van der Waals surface area (Å²) in [5, 5.41) is 10.4. The fourth-order valence-corrected chi connectivity index (χ4v) is 5.52. The van der Waals surface area contributed by atoms with Gasteiger partial charge in [0.25, 0.3) is 5.91 Å². The molecule has 42 heavy (non-hydrogen) atoms. The molecule has 2 aliphatic heterocycles. The molecule has 9 nitrogen and oxygen atoms in total. The molecule has 0 bridgehead atoms. The standard InChI is InChI=1S/C30H35F3N4O5/c1-28(2,3)42-27(39)37-8-9-41-16-24(37)20-11-18(10-17-6-7-36(15-22(17)20)26(38)29(4,5)40)19-12-21-23(30(31,32)33)14-35-25(21)34-13-19/h10-14,24,40H,6-9,15-16H2,1-5H3,(H,34,35)/t24-/m0/s1. The number of H-pyrrole nitrogens is 1. The zero-order valence-corrected chi connectivity index (χ0v) is 24.3. The lowest BCUT2D eigenvalue weighted by Gasteiger charge is -2.40. The van der Waals surface area contributed by atoms with Gasteiger partial charge in [-0.2, -0.15) is 13.2 Å². The molecule has 3 aromatic rings. The van der Waals surface area contributed by atoms with Gasteiger partial charge >= 0.3 is 12.3 Å². The number of aromatic nitrogens is 2. The molecule has 2 N–H and O–H groups in total. The van der Waals surface area contributed by atoms with Gasteiger partial charge in [0.05, 0.1) is 24.8 Å². The van der Waals surface area contributed by atoms with E-state index in [9.17, 15) is 27.9 Å². The molecule has 12 heteroatoms. The highest BCUT2D eigenvalue weighted by Gasteiger charge is 2.38. The highest BCUT2D eigenvalue weighted by Crippen LogP contribution is 2.39. The van der Waals surface area contributed by atoms with Crippen molar-refractivity contribution in [2.45, 2.75) is 71.0 Å². The van der Waals surface area contributed by atoms with Gasteiger partial charge in [0.2, 0.25) is 0 Å². The van der Waals surface area contributed by atoms with E-state index in [1.54, 1.807) is 30.6 Å². The van der Waals surface area contributed by atoms with E-state index in [2.05, 4.69) is 9.97 Å². The summed E-state index contributed by atoms with van der Waals surface area (Å²) in [5.74, 6) is -0.422. The normalized spacial score (nSPS) is 18.3. The fraction of sp³-hybridized carbons (Fsp3) is 0.500. The number of morpholine rings is 1. The minimum absolute atomic E-state index is 0.0439. The Morgan fingerprint density at radius 2 is 1.83 bits per heavy atom. The van der Waals surface area contributed by atoms with Crippen LogP contribution in [0.3, 0.4) is 0 Å². The van der Waals surface area contributed by atoms with Crippen LogP contribution in [0.2, 0.25) is 0 Å². The van der Waals surface area contributed by atoms with Crippen LogP contribution in [-0.4, -0.2) is 74.4 Å². The number of rotatable bonds is 3. The van der Waals surface area contributed by atoms with E-state index in [0.29, 0.717) is 36.3 Å². The first-order chi connectivity index (χ1) is 19.5. The van der Waals surface area contributed by atoms with Crippen molar-refractivity contribution in [1.82, 2.24) is 19.8 Å². The van der Waals surface area contributed by atoms with Gasteiger partial charge in [-0.25, -0.2) is 9.78 Å². The second kappa shape index (κ2) is 10.6. The Bertz CT molecular complexity index is 1520. The number of halogens is 3. The fourth-order valence-electron chi connectivity index (χ4n) is 5.52. The molecule has 5 rings (SSSR count). The first-order valence-corrected chi connectivity index (χ1v) is 13.8. The lowest BCUT2D eigenvalue weighted by Crippen LogP contribution is -2.48. The average Bonchev–Trinajstić information content (AvgIpc) is 3.34. The minimum Gasteiger partial charge on any atom is -0.444 e. The summed E-state index contributed by atoms with van der Waals surface area (Å²) in [6.07, 6.45) is -2.19. The topological polar surface area (TPSA) is 108 Å². The van der Waals surface area contributed by atoms with Crippen molar-refractivity contribution in [1.29, 1.82) is 0 Å². The molecular formula is C30H35F3N4O5. The van der Waals surface area contributed by atoms with E-state index in [-0.39, 0.29) is 30.7 Å². The quantitative estimate of drug-likeness (QED) is 0.435. The Morgan fingerprint density at radius 1 is 1.10 bits per heavy atom. The molecule has 0 unspecified atom stereocenters. The van der Waals surface area contributed by atoms with Crippen LogP contribution in [0.1, 0.15) is 62.9 Å². The molecule has 1 fully saturated rings. The number of ether oxygens (including phenoxy) is 2. The van der Waals surface area contributed by atoms with E-state index >= 15 is 0 Å². The van der Waals surface area contributed by atoms with Gasteiger partial charge in [-0.3, -0.25) is 9.69 Å². The van der Waals surface area contributed by atoms with E-state index in [1.807, 2.05) is 12.1 Å². The third-order valence-electron chi connectivity index (χ3n) is 7.47. The highest BCUT2D eigenvalue weighted by atomic mass is 19.4. The Balaban J connectivity index is 1.64. The Labute approximate surface area is 241 Å². The van der Waals surface area contributed by atoms with Gasteiger partial charge < -0.3 is 24.5 Å². The van der Waals surface area contributed by atoms with Crippen molar-refractivity contribution >= 4 is 23.0 Å². The molecule has 1 atom stereocenters. The molecule has 0 radical (unpaired) electrons. The molecule has 1 saturated heterocycles. The number of hydrogen-bond donors (Lipinski definition) is 2. The molecule has 0 spiro atoms. The number of fused-ring (bicyclic) bond motifs is 2. The van der Waals surface area contributed by atoms with Crippen LogP contribution < -0.4 is 0 Å². The molecule has 4 heterocycles. The number of carbonyl (C=O) groups is 2. The number of pyridine rings is 1. The largest absolute Gasteiger partial charge is 0.444 e. The second-order valence-corrected chi connectivity index (χ2v) is 12.3. The van der Waals surface area contributed by atoms with Gasteiger partial charge in [-0.1, -0.05) is 6.07 Å². The van der Waals surface area contributed by atoms with E-state index in [4.69, 9.17) is 9.47 Å². The molecule has 0 aliphatic carbocycles. The first kappa shape index (κ1) is 29.8. The summed E-state index contributed by atoms with van der Waals surface area (Å²) < 4.78 is 52.5. The van der Waals surface area contributed by atoms with Crippen LogP contribution in [0.25, 0.3) is 22.2 Å². The van der Waals surface area contributed by atoms with Crippen molar-refractivity contribution in [2.24, 2.45) is 0 Å². The summed E-state index contributed by atoms with van der Waals surface area (Å²) in [7, 11) is 0. The van der Waals surface area contributed by atoms with Gasteiger partial charge in [0.15, 0.2) is 0 Å². The summed E-state index contributed by atoms with van der Waals surface area (Å²) >= 11 is 0. The third kappa shape index (κ3) is 5.96. The number of amides is 2. The van der Waals surface area contributed by atoms with Crippen LogP contribution in [0.15, 0.2) is 30.6 Å². The molecule has 1 aromatic carbocycles. The predicted molar refractivity (Wildman–Crippen MR) is 148 cm³/mol. The molecule has 226 valence electrons. The number of nitrogens with one attached hydrogen (secondary N) is 1. The van der Waals surface area contributed by atoms with Gasteiger partial charge in [-0.15, -0.1) is 0 Å². The predicted octanol–water partition coefficient (Wildman–Crippen LogP) is 5.21. The van der Waals surface area contributed by atoms with E-state index in [0.717, 1.165) is 17.3 Å². The molecule has 2 aromatic heterocycles. The van der Waals surface area contributed by atoms with Crippen molar-refractivity contribution in [3.05, 3.63) is 52.8 Å². The van der Waals surface area contributed by atoms with E-state index < -0.39 is 41.0 Å². The lowest BCUT2D eigenvalue weighted by atomic mass is 9.86. The summed E-state index contributed by atoms with van der Waals surface area (Å²) in [5.41, 5.74) is 0.528. The van der Waals surface area contributed by atoms with Gasteiger partial charge in [-0.05, 0) is 75.4 Å². The van der Waals surface area contributed by atoms with Gasteiger partial charge in [0.1, 0.15) is 16.8 Å². The maximum atomic E-state index is 13.7. The second-order valence-electron chi connectivity index (χ2n) is 12.3. The Hall–Kier alpha value is -3.64. The van der Waals surface area contributed by atoms with Crippen LogP contribution in [0.5, 0.6) is 0 Å². The smallest absolute Gasteiger partial charge is 0.418 e. The van der Waals surface area contributed by atoms with Crippen LogP contribution in [0, 0.1) is 0 Å². The van der Waals surface area contributed by atoms with Crippen LogP contribution >= 0.6 is 0 Å². The van der Waals surface area contributed by atoms with Crippen molar-refractivity contribution in [3.63, 3.8) is 0 Å². The number of aromatic amines is 1. The summed E-state index contributed by atoms with van der Waals surface area (Å²) in [4.78, 5) is 36.3. The number of carbonyl (C=O) groups excluding carboxylic acids is 2. The molecule has 2 amide bonds. The van der Waals surface area contributed by atoms with Crippen LogP contribution in [-0.2, 0) is 33.4 Å². The number of alkyl halides is 3. The number of benzene rings is 1. The SMILES string of the molecule is CC(C)(C)OC(=O)N1CCOC[C@H]1c1cc(-c2cnc3[nH]cc(C(F)(F)F)c3c2)cc2c1CN(C(=O)C(C)(C)O)CC2. The molecule has 0 saturated carbocycles. The zero-order chi connectivity index (χ0) is 30.6. The van der Waals surface area contributed by atoms with Gasteiger partial charge in [0, 0.05) is 43.0 Å². The third-order valence-corrected chi connectivity index (χ3v) is 7.47. The maximum Gasteiger partial charge on any atom is 0.418 e. The van der Waals surface area contributed by atoms with Crippen molar-refractivity contribution in [3.8, 4) is 11.1 Å². The highest BCUT2D eigenvalue weighted by molar-refractivity contribution is 5.86. The number of nitrogens with zero attached hydrogens (tertiary/aromatic N) is 3. The summed E-state index contributed by atoms with van der Waals surface area (Å²) in [6.45, 7) is 9.52. The van der Waals surface area contributed by atoms with E-state index in [1.165, 1.54) is 26.1 Å². The van der Waals surface area contributed by atoms with Crippen molar-refractivity contribution in [2.75, 3.05) is 26.3 Å². The Morgan fingerprint density at radius 3 is 2.50 bits per heavy atom. The van der Waals surface area contributed by atoms with Crippen molar-refractivity contribution < 1.29 is 37.3 Å². The zero-order valence-electron chi connectivity index (χ0n) is 24.3. The summed E-state index contributed by atoms with van der Waals surface area (Å²) in [6, 6.07) is 4.61. The monoisotopic (exact) mass is 588 g/mol. The number of aliphatic hydroxyl groups is 1. The first-order valence-electron chi connectivity index (χ1n) is 13.8.